The van der Waals surface area contributed by atoms with Crippen molar-refractivity contribution in [2.75, 3.05) is 76.0 Å². The lowest BCUT2D eigenvalue weighted by atomic mass is 10.0. The van der Waals surface area contributed by atoms with E-state index in [1.54, 1.807) is 0 Å². The van der Waals surface area contributed by atoms with Crippen molar-refractivity contribution in [2.45, 2.75) is 261 Å². The lowest BCUT2D eigenvalue weighted by Gasteiger charge is -2.28. The number of nitrogens with two attached hydrogens (primary N) is 2. The lowest BCUT2D eigenvalue weighted by Crippen LogP contribution is -2.60. The number of benzene rings is 1. The topological polar surface area (TPSA) is 1100 Å². The Labute approximate surface area is 837 Å². The van der Waals surface area contributed by atoms with Gasteiger partial charge in [0.15, 0.2) is 17.1 Å². The molecule has 1 aromatic carbocycles. The highest BCUT2D eigenvalue weighted by molar-refractivity contribution is 7.80. The second-order valence-corrected chi connectivity index (χ2v) is 33.7. The third-order valence-corrected chi connectivity index (χ3v) is 22.2. The number of hydrogen-bond donors (Lipinski definition) is 44. The van der Waals surface area contributed by atoms with Gasteiger partial charge >= 0.3 is 23.9 Å². The van der Waals surface area contributed by atoms with Crippen LogP contribution in [-0.4, -0.2) is 466 Å². The summed E-state index contributed by atoms with van der Waals surface area (Å²) < 4.78 is 0. The van der Waals surface area contributed by atoms with E-state index in [1.165, 1.54) is 30.5 Å². The molecule has 0 spiro atoms. The van der Waals surface area contributed by atoms with Gasteiger partial charge in [0.2, 0.25) is 76.8 Å². The molecule has 0 unspecified atom stereocenters. The van der Waals surface area contributed by atoms with Crippen molar-refractivity contribution in [1.82, 2.24) is 94.4 Å². The summed E-state index contributed by atoms with van der Waals surface area (Å²) in [7, 11) is 0. The third kappa shape index (κ3) is 45.8. The number of nitrogens with one attached hydrogen (secondary N) is 17. The van der Waals surface area contributed by atoms with Gasteiger partial charge in [-0.05, 0) is 82.1 Å². The third-order valence-electron chi connectivity index (χ3n) is 21.9. The van der Waals surface area contributed by atoms with Crippen LogP contribution in [0.1, 0.15) is 119 Å². The predicted molar refractivity (Wildman–Crippen MR) is 498 cm³/mol. The van der Waals surface area contributed by atoms with Crippen LogP contribution in [0.4, 0.5) is 11.6 Å². The number of carbonyl (C=O) groups is 17. The van der Waals surface area contributed by atoms with Crippen molar-refractivity contribution in [3.05, 3.63) is 52.1 Å². The van der Waals surface area contributed by atoms with Gasteiger partial charge in [0.1, 0.15) is 128 Å². The molecule has 64 nitrogen and oxygen atoms in total. The number of guanidine groups is 1. The molecule has 147 heavy (non-hydrogen) atoms. The summed E-state index contributed by atoms with van der Waals surface area (Å²) in [6.45, 7) is -8.82. The molecule has 0 aliphatic rings. The molecular weight excluding hydrogens is 2000 g/mol. The number of carboxylic acids is 4. The number of aromatic nitrogens is 4. The zero-order valence-corrected chi connectivity index (χ0v) is 79.3. The number of H-pyrrole nitrogens is 1. The second kappa shape index (κ2) is 65.4. The van der Waals surface area contributed by atoms with Crippen LogP contribution >= 0.6 is 12.6 Å². The number of aliphatic hydroxyl groups is 20. The fourth-order valence-electron chi connectivity index (χ4n) is 13.1. The Morgan fingerprint density at radius 1 is 0.367 bits per heavy atom. The maximum absolute atomic E-state index is 15.2. The van der Waals surface area contributed by atoms with Crippen LogP contribution in [0.2, 0.25) is 0 Å². The normalized spacial score (nSPS) is 16.5. The minimum absolute atomic E-state index is 0.0292. The molecule has 0 fully saturated rings. The Bertz CT molecular complexity index is 4910. The van der Waals surface area contributed by atoms with E-state index in [-0.39, 0.29) is 34.9 Å². The first-order valence-electron chi connectivity index (χ1n) is 45.2. The molecule has 3 aromatic rings. The summed E-state index contributed by atoms with van der Waals surface area (Å²) in [4.78, 5) is 261. The number of fused-ring (bicyclic) bond motifs is 1. The molecule has 0 bridgehead atoms. The quantitative estimate of drug-likeness (QED) is 0.0108. The van der Waals surface area contributed by atoms with E-state index in [9.17, 15) is 194 Å². The largest absolute Gasteiger partial charge is 0.481 e. The number of aliphatic hydroxyl groups excluding tert-OH is 20. The van der Waals surface area contributed by atoms with Crippen LogP contribution in [0.3, 0.4) is 0 Å². The molecule has 45 N–H and O–H groups in total. The monoisotopic (exact) mass is 2130 g/mol. The van der Waals surface area contributed by atoms with Crippen LogP contribution in [0.25, 0.3) is 11.2 Å². The van der Waals surface area contributed by atoms with E-state index in [1.807, 2.05) is 5.32 Å². The fourth-order valence-corrected chi connectivity index (χ4v) is 13.4. The molecule has 3 rings (SSSR count). The molecule has 0 saturated carbocycles. The highest BCUT2D eigenvalue weighted by Gasteiger charge is 2.41. The average Bonchev–Trinajstić information content (AvgIpc) is 0.804. The number of carboxylic acid groups (broad SMARTS) is 4. The van der Waals surface area contributed by atoms with Crippen molar-refractivity contribution in [2.24, 2.45) is 5.73 Å². The van der Waals surface area contributed by atoms with Crippen molar-refractivity contribution < 1.29 is 204 Å². The number of thiol groups is 1. The minimum Gasteiger partial charge on any atom is -0.481 e. The van der Waals surface area contributed by atoms with E-state index < -0.39 is 432 Å². The second-order valence-electron chi connectivity index (χ2n) is 33.3. The molecule has 0 aliphatic heterocycles. The predicted octanol–water partition coefficient (Wildman–Crippen LogP) is -19.9. The van der Waals surface area contributed by atoms with Gasteiger partial charge < -0.3 is 214 Å². The molecule has 65 heteroatoms. The number of carbonyl (C=O) groups excluding carboxylic acids is 13. The Kier molecular flexibility index (Phi) is 57.0. The SMILES string of the molecule is N=C(N)NCCC[C@H](NC(=O)[C@H](CCC(=O)NC[C@H](O)[C@@H](O)[C@H](O)[C@H](O)CO)NC(=O)[C@H](CCC(=O)O)NC(=O)[C@H](CCC(=O)NC[C@H](O)[C@@H](O)[C@H](O)[C@H](O)CO)NC(=O)CC[C@H](NC(=O)c1ccc(NCc2cnc3nc(N)[nH]c(=O)c3n2)cc1)C(=O)O)C(=O)N[C@@H](CCC(=O)NC[C@H](O)[C@@H](O)[C@H](O)[C@H](O)CO)C(=O)N[C@@H](CCC(=O)O)C(=O)N[C@@H](CCC(=O)NC[C@H](O)[C@@H](O)[C@H](O)[C@H](O)CO)C(=O)N[C@@H](CS)C(=O)O. The van der Waals surface area contributed by atoms with Crippen LogP contribution in [0.5, 0.6) is 0 Å². The maximum Gasteiger partial charge on any atom is 0.327 e. The van der Waals surface area contributed by atoms with Gasteiger partial charge in [-0.3, -0.25) is 87.1 Å². The number of nitrogen functional groups attached to an aromatic ring is 1. The zero-order valence-electron chi connectivity index (χ0n) is 78.4. The van der Waals surface area contributed by atoms with Crippen molar-refractivity contribution in [1.29, 1.82) is 5.41 Å². The molecule has 25 atom stereocenters. The Balaban J connectivity index is 2.26. The van der Waals surface area contributed by atoms with E-state index in [2.05, 4.69) is 107 Å². The van der Waals surface area contributed by atoms with Gasteiger partial charge in [-0.15, -0.1) is 0 Å². The summed E-state index contributed by atoms with van der Waals surface area (Å²) >= 11 is 3.88. The molecule has 0 radical (unpaired) electrons. The van der Waals surface area contributed by atoms with Crippen LogP contribution in [0, 0.1) is 5.41 Å². The first kappa shape index (κ1) is 128. The summed E-state index contributed by atoms with van der Waals surface area (Å²) in [5.74, 6) is -26.3. The van der Waals surface area contributed by atoms with Gasteiger partial charge in [-0.25, -0.2) is 19.6 Å². The molecule has 2 aromatic heterocycles. The summed E-state index contributed by atoms with van der Waals surface area (Å²) in [5.41, 5.74) is 10.7. The Morgan fingerprint density at radius 2 is 0.660 bits per heavy atom. The van der Waals surface area contributed by atoms with Gasteiger partial charge in [-0.2, -0.15) is 17.6 Å². The molecular formula is C82H130N22O42S. The first-order valence-corrected chi connectivity index (χ1v) is 45.8. The molecule has 0 saturated heterocycles. The zero-order chi connectivity index (χ0) is 111. The van der Waals surface area contributed by atoms with Crippen molar-refractivity contribution >= 4 is 142 Å². The van der Waals surface area contributed by atoms with E-state index >= 15 is 9.59 Å². The number of rotatable bonds is 72. The molecule has 13 amide bonds. The van der Waals surface area contributed by atoms with Gasteiger partial charge in [-0.1, -0.05) is 0 Å². The van der Waals surface area contributed by atoms with Crippen molar-refractivity contribution in [3.63, 3.8) is 0 Å². The Hall–Kier alpha value is -13.1. The molecule has 0 aliphatic carbocycles. The standard InChI is InChI=1S/C82H130N22O42S/c83-81(84)86-21-1-2-36(71(135)96-39(9-16-55(119)90-26-47(111)63(128)67(132)51(115)30-107)74(138)100-42(13-20-59(124)125)76(140)98-40(77(141)102-44(32-147)80(145)146)10-17-56(120)91-27-48(112)64(129)68(133)52(116)31-108)95-73(137)38(8-15-54(118)89-25-46(110)62(127)66(131)50(114)29-106)97-75(139)41(12-19-58(122)123)99-72(136)37(7-14-53(117)88-24-45(109)61(126)65(130)49(113)28-105)94-57(121)18-11-43(79(143)144)101-70(134)33-3-5-34(6-4-33)87-22-35-23-92-69-60(93-35)78(142)104-82(85)103-69/h3-6,23,36-52,61-68,87,105-116,126-133,147H,1-2,7-22,24-32H2,(H,88,117)(H,89,118)(H,90,119)(H,91,120)(H,94,121)(H,95,137)(H,96,135)(H,97,139)(H,98,140)(H,99,136)(H,100,138)(H,101,134)(H,102,141)(H,122,123)(H,124,125)(H,143,144)(H,145,146)(H4,83,84,86)(H3,85,92,103,104,142)/t36-,37-,38-,39-,40-,41-,42-,43-,44-,45-,46-,47-,48-,49+,50+,51+,52+,61+,62+,63+,64+,65+,66+,67+,68+/m0/s1. The first-order chi connectivity index (χ1) is 69.1. The lowest BCUT2D eigenvalue weighted by molar-refractivity contribution is -0.142. The van der Waals surface area contributed by atoms with E-state index in [0.29, 0.717) is 5.69 Å². The number of anilines is 2. The maximum atomic E-state index is 15.2. The highest BCUT2D eigenvalue weighted by atomic mass is 32.1. The summed E-state index contributed by atoms with van der Waals surface area (Å²) in [6, 6.07) is -14.1. The average molecular weight is 2130 g/mol. The van der Waals surface area contributed by atoms with Gasteiger partial charge in [0.25, 0.3) is 11.5 Å². The van der Waals surface area contributed by atoms with Crippen molar-refractivity contribution in [3.8, 4) is 0 Å². The number of aliphatic carboxylic acids is 4. The summed E-state index contributed by atoms with van der Waals surface area (Å²) in [5, 5.41) is 282. The highest BCUT2D eigenvalue weighted by Crippen LogP contribution is 2.18. The Morgan fingerprint density at radius 3 is 0.966 bits per heavy atom. The minimum atomic E-state index is -2.33. The smallest absolute Gasteiger partial charge is 0.327 e. The van der Waals surface area contributed by atoms with Crippen LogP contribution in [-0.2, 0) is 83.3 Å². The molecule has 2 heterocycles. The van der Waals surface area contributed by atoms with Gasteiger partial charge in [0.05, 0.1) is 69.3 Å². The van der Waals surface area contributed by atoms with Gasteiger partial charge in [0, 0.05) is 94.7 Å². The number of amides is 13. The van der Waals surface area contributed by atoms with E-state index in [4.69, 9.17) is 22.0 Å². The summed E-state index contributed by atoms with van der Waals surface area (Å²) in [6.07, 6.45) is -48.0. The van der Waals surface area contributed by atoms with Crippen LogP contribution < -0.4 is 96.8 Å². The number of aromatic amines is 1. The number of nitrogens with zero attached hydrogens (tertiary/aromatic N) is 3. The number of hydrogen-bond acceptors (Lipinski definition) is 45. The van der Waals surface area contributed by atoms with Crippen LogP contribution in [0.15, 0.2) is 35.3 Å². The fraction of sp³-hybridized carbons (Fsp3) is 0.634. The van der Waals surface area contributed by atoms with E-state index in [0.717, 1.165) is 0 Å². The molecule has 826 valence electrons.